The number of aromatic amines is 1. The minimum atomic E-state index is 0.639. The van der Waals surface area contributed by atoms with Crippen molar-refractivity contribution in [3.63, 3.8) is 0 Å². The molecule has 28 heavy (non-hydrogen) atoms. The first kappa shape index (κ1) is 16.9. The molecule has 2 aromatic rings. The van der Waals surface area contributed by atoms with Crippen LogP contribution >= 0.6 is 0 Å². The van der Waals surface area contributed by atoms with Crippen LogP contribution in [0.2, 0.25) is 0 Å². The Morgan fingerprint density at radius 3 is 2.64 bits per heavy atom. The fraction of sp³-hybridized carbons (Fsp3) is 0.300. The summed E-state index contributed by atoms with van der Waals surface area (Å²) in [5, 5.41) is 11.0. The fourth-order valence-corrected chi connectivity index (χ4v) is 3.54. The largest absolute Gasteiger partial charge is 0.497 e. The number of benzene rings is 1. The SMILES string of the molecule is COc1cc(OC)cc(N2C=C(Nc3cc(C4CC4)[nH]n3)[NH+]3C=CN=C3C2)c1. The molecule has 8 nitrogen and oxygen atoms in total. The van der Waals surface area contributed by atoms with Crippen LogP contribution in [0.5, 0.6) is 11.5 Å². The molecule has 3 aliphatic rings. The van der Waals surface area contributed by atoms with Crippen molar-refractivity contribution in [2.24, 2.45) is 4.99 Å². The van der Waals surface area contributed by atoms with Gasteiger partial charge in [-0.1, -0.05) is 0 Å². The van der Waals surface area contributed by atoms with E-state index < -0.39 is 0 Å². The summed E-state index contributed by atoms with van der Waals surface area (Å²) in [6.07, 6.45) is 8.45. The van der Waals surface area contributed by atoms with Gasteiger partial charge in [0.15, 0.2) is 5.82 Å². The summed E-state index contributed by atoms with van der Waals surface area (Å²) >= 11 is 0. The Hall–Kier alpha value is -3.26. The molecule has 2 aliphatic heterocycles. The molecule has 3 heterocycles. The molecule has 1 saturated carbocycles. The van der Waals surface area contributed by atoms with Crippen LogP contribution in [0.1, 0.15) is 24.5 Å². The van der Waals surface area contributed by atoms with Gasteiger partial charge in [-0.15, -0.1) is 0 Å². The number of fused-ring (bicyclic) bond motifs is 1. The highest BCUT2D eigenvalue weighted by Crippen LogP contribution is 2.39. The molecule has 1 aromatic heterocycles. The summed E-state index contributed by atoms with van der Waals surface area (Å²) in [4.78, 5) is 7.77. The van der Waals surface area contributed by atoms with Crippen molar-refractivity contribution in [1.82, 2.24) is 10.2 Å². The number of aliphatic imine (C=N–C) groups is 1. The van der Waals surface area contributed by atoms with E-state index in [-0.39, 0.29) is 0 Å². The minimum absolute atomic E-state index is 0.639. The van der Waals surface area contributed by atoms with Crippen molar-refractivity contribution in [3.05, 3.63) is 54.4 Å². The van der Waals surface area contributed by atoms with Gasteiger partial charge in [0.2, 0.25) is 11.7 Å². The summed E-state index contributed by atoms with van der Waals surface area (Å²) in [7, 11) is 3.31. The first-order valence-corrected chi connectivity index (χ1v) is 9.38. The Bertz CT molecular complexity index is 966. The van der Waals surface area contributed by atoms with E-state index >= 15 is 0 Å². The van der Waals surface area contributed by atoms with Gasteiger partial charge in [0.1, 0.15) is 24.2 Å². The maximum absolute atomic E-state index is 5.42. The number of methoxy groups -OCH3 is 2. The van der Waals surface area contributed by atoms with E-state index in [1.807, 2.05) is 30.6 Å². The minimum Gasteiger partial charge on any atom is -0.497 e. The molecule has 5 rings (SSSR count). The molecule has 8 heteroatoms. The van der Waals surface area contributed by atoms with Crippen molar-refractivity contribution in [2.45, 2.75) is 18.8 Å². The Balaban J connectivity index is 1.47. The molecule has 1 fully saturated rings. The smallest absolute Gasteiger partial charge is 0.232 e. The standard InChI is InChI=1S/C20H22N6O2/c1-27-15-7-14(8-16(9-15)28-2)25-11-19-21-5-6-26(19)20(12-25)22-18-10-17(23-24-18)13-3-4-13/h5-10,12-13H,3-4,11H2,1-2H3,(H2,22,23,24)/p+1. The molecule has 0 saturated heterocycles. The zero-order chi connectivity index (χ0) is 19.1. The first-order valence-electron chi connectivity index (χ1n) is 9.38. The normalized spacial score (nSPS) is 20.5. The number of hydrogen-bond donors (Lipinski definition) is 3. The van der Waals surface area contributed by atoms with E-state index in [0.29, 0.717) is 12.5 Å². The summed E-state index contributed by atoms with van der Waals surface area (Å²) < 4.78 is 10.8. The van der Waals surface area contributed by atoms with Gasteiger partial charge >= 0.3 is 0 Å². The second-order valence-corrected chi connectivity index (χ2v) is 7.15. The molecular weight excluding hydrogens is 356 g/mol. The second-order valence-electron chi connectivity index (χ2n) is 7.15. The number of nitrogens with one attached hydrogen (secondary N) is 3. The van der Waals surface area contributed by atoms with Crippen LogP contribution in [-0.2, 0) is 0 Å². The lowest BCUT2D eigenvalue weighted by atomic mass is 10.2. The number of amidine groups is 1. The van der Waals surface area contributed by atoms with Crippen molar-refractivity contribution in [1.29, 1.82) is 0 Å². The highest BCUT2D eigenvalue weighted by molar-refractivity contribution is 5.84. The molecule has 0 spiro atoms. The van der Waals surface area contributed by atoms with E-state index in [1.165, 1.54) is 18.5 Å². The fourth-order valence-electron chi connectivity index (χ4n) is 3.54. The third-order valence-corrected chi connectivity index (χ3v) is 5.22. The third-order valence-electron chi connectivity index (χ3n) is 5.22. The van der Waals surface area contributed by atoms with E-state index in [2.05, 4.69) is 37.7 Å². The highest BCUT2D eigenvalue weighted by Gasteiger charge is 2.33. The van der Waals surface area contributed by atoms with E-state index in [4.69, 9.17) is 9.47 Å². The van der Waals surface area contributed by atoms with Crippen LogP contribution in [0.4, 0.5) is 11.5 Å². The lowest BCUT2D eigenvalue weighted by molar-refractivity contribution is -0.698. The van der Waals surface area contributed by atoms with Gasteiger partial charge in [0.25, 0.3) is 0 Å². The van der Waals surface area contributed by atoms with Crippen LogP contribution in [0.25, 0.3) is 0 Å². The number of nitrogens with zero attached hydrogens (tertiary/aromatic N) is 3. The monoisotopic (exact) mass is 379 g/mol. The molecule has 1 aromatic carbocycles. The molecule has 0 radical (unpaired) electrons. The van der Waals surface area contributed by atoms with Crippen LogP contribution in [-0.4, -0.2) is 36.8 Å². The summed E-state index contributed by atoms with van der Waals surface area (Å²) in [6, 6.07) is 7.95. The van der Waals surface area contributed by atoms with Gasteiger partial charge < -0.3 is 14.4 Å². The van der Waals surface area contributed by atoms with Gasteiger partial charge in [-0.05, 0) is 12.8 Å². The first-order chi connectivity index (χ1) is 13.7. The summed E-state index contributed by atoms with van der Waals surface area (Å²) in [5.41, 5.74) is 2.18. The number of quaternary nitrogens is 1. The van der Waals surface area contributed by atoms with Gasteiger partial charge in [0.05, 0.1) is 26.6 Å². The van der Waals surface area contributed by atoms with Crippen LogP contribution in [0, 0.1) is 0 Å². The Morgan fingerprint density at radius 1 is 1.14 bits per heavy atom. The lowest BCUT2D eigenvalue weighted by Crippen LogP contribution is -3.10. The number of H-pyrrole nitrogens is 1. The van der Waals surface area contributed by atoms with Crippen LogP contribution in [0.15, 0.2) is 53.7 Å². The number of hydrogen-bond acceptors (Lipinski definition) is 6. The molecule has 3 N–H and O–H groups in total. The van der Waals surface area contributed by atoms with Crippen molar-refractivity contribution >= 4 is 17.3 Å². The third kappa shape index (κ3) is 3.11. The van der Waals surface area contributed by atoms with E-state index in [1.54, 1.807) is 14.2 Å². The summed E-state index contributed by atoms with van der Waals surface area (Å²) in [6.45, 7) is 0.678. The number of ether oxygens (including phenoxy) is 2. The van der Waals surface area contributed by atoms with E-state index in [9.17, 15) is 0 Å². The average Bonchev–Trinajstić information content (AvgIpc) is 3.28. The van der Waals surface area contributed by atoms with Crippen LogP contribution < -0.4 is 24.6 Å². The van der Waals surface area contributed by atoms with Crippen molar-refractivity contribution in [3.8, 4) is 11.5 Å². The van der Waals surface area contributed by atoms with Crippen LogP contribution in [0.3, 0.4) is 0 Å². The molecule has 0 amide bonds. The maximum Gasteiger partial charge on any atom is 0.232 e. The maximum atomic E-state index is 5.42. The molecule has 1 aliphatic carbocycles. The van der Waals surface area contributed by atoms with Gasteiger partial charge in [0, 0.05) is 41.6 Å². The zero-order valence-electron chi connectivity index (χ0n) is 15.9. The Kier molecular flexibility index (Phi) is 4.05. The van der Waals surface area contributed by atoms with Gasteiger partial charge in [-0.25, -0.2) is 9.89 Å². The zero-order valence-corrected chi connectivity index (χ0v) is 15.9. The predicted molar refractivity (Wildman–Crippen MR) is 107 cm³/mol. The Morgan fingerprint density at radius 2 is 1.93 bits per heavy atom. The van der Waals surface area contributed by atoms with Crippen molar-refractivity contribution < 1.29 is 14.4 Å². The highest BCUT2D eigenvalue weighted by atomic mass is 16.5. The quantitative estimate of drug-likeness (QED) is 0.713. The Labute approximate surface area is 163 Å². The molecular formula is C20H23N6O2+. The average molecular weight is 379 g/mol. The second kappa shape index (κ2) is 6.72. The van der Waals surface area contributed by atoms with Gasteiger partial charge in [-0.3, -0.25) is 10.4 Å². The summed E-state index contributed by atoms with van der Waals surface area (Å²) in [5.74, 6) is 4.95. The predicted octanol–water partition coefficient (Wildman–Crippen LogP) is 1.80. The van der Waals surface area contributed by atoms with Gasteiger partial charge in [-0.2, -0.15) is 5.10 Å². The lowest BCUT2D eigenvalue weighted by Gasteiger charge is -2.29. The molecule has 144 valence electrons. The van der Waals surface area contributed by atoms with E-state index in [0.717, 1.165) is 39.6 Å². The molecule has 1 unspecified atom stereocenters. The molecule has 0 bridgehead atoms. The number of rotatable bonds is 6. The van der Waals surface area contributed by atoms with Crippen molar-refractivity contribution in [2.75, 3.05) is 31.0 Å². The number of anilines is 2. The molecule has 1 atom stereocenters. The topological polar surface area (TPSA) is 79.2 Å². The number of aromatic nitrogens is 2.